The molecule has 0 saturated carbocycles. The van der Waals surface area contributed by atoms with Gasteiger partial charge in [-0.15, -0.1) is 6.58 Å². The van der Waals surface area contributed by atoms with Crippen molar-refractivity contribution in [2.24, 2.45) is 0 Å². The Labute approximate surface area is 271 Å². The number of rotatable bonds is 12. The number of methoxy groups -OCH3 is 3. The van der Waals surface area contributed by atoms with E-state index in [0.717, 1.165) is 68.8 Å². The van der Waals surface area contributed by atoms with Crippen LogP contribution in [0.25, 0.3) is 11.0 Å². The minimum Gasteiger partial charge on any atom is -0.493 e. The van der Waals surface area contributed by atoms with Crippen LogP contribution in [0.15, 0.2) is 79.4 Å². The third kappa shape index (κ3) is 6.29. The van der Waals surface area contributed by atoms with Gasteiger partial charge in [0.2, 0.25) is 11.7 Å². The number of para-hydroxylation sites is 2. The number of nitrogens with one attached hydrogen (secondary N) is 1. The summed E-state index contributed by atoms with van der Waals surface area (Å²) in [7, 11) is 4.71. The zero-order valence-electron chi connectivity index (χ0n) is 27.2. The van der Waals surface area contributed by atoms with Crippen molar-refractivity contribution >= 4 is 22.9 Å². The lowest BCUT2D eigenvalue weighted by Crippen LogP contribution is -2.42. The van der Waals surface area contributed by atoms with Crippen LogP contribution in [0.1, 0.15) is 41.6 Å². The lowest BCUT2D eigenvalue weighted by Gasteiger charge is -2.36. The minimum absolute atomic E-state index is 0.0218. The molecule has 1 N–H and O–H groups in total. The molecule has 46 heavy (non-hydrogen) atoms. The fourth-order valence-corrected chi connectivity index (χ4v) is 7.16. The van der Waals surface area contributed by atoms with Crippen LogP contribution < -0.4 is 19.5 Å². The van der Waals surface area contributed by atoms with Crippen LogP contribution >= 0.6 is 0 Å². The molecule has 3 heterocycles. The lowest BCUT2D eigenvalue weighted by atomic mass is 9.76. The molecule has 0 bridgehead atoms. The van der Waals surface area contributed by atoms with E-state index in [1.807, 2.05) is 17.0 Å². The number of carbonyl (C=O) groups excluding carboxylic acids is 1. The van der Waals surface area contributed by atoms with E-state index in [1.54, 1.807) is 33.5 Å². The number of carbonyl (C=O) groups is 1. The minimum atomic E-state index is -0.109. The van der Waals surface area contributed by atoms with Gasteiger partial charge in [-0.05, 0) is 62.1 Å². The van der Waals surface area contributed by atoms with Crippen LogP contribution in [0.4, 0.5) is 5.95 Å². The first kappa shape index (κ1) is 31.5. The van der Waals surface area contributed by atoms with Crippen molar-refractivity contribution in [1.82, 2.24) is 19.4 Å². The SMILES string of the molecule is C=CCn1c(NC2CCN(CCC3(c4ccccc4)CCN(C(=O)c4cc(OC)c(OC)c(OC)c4)C3)CC2)nc2ccccc21. The molecule has 9 heteroatoms. The molecular weight excluding hydrogens is 578 g/mol. The van der Waals surface area contributed by atoms with Crippen molar-refractivity contribution < 1.29 is 19.0 Å². The van der Waals surface area contributed by atoms with Gasteiger partial charge in [0.1, 0.15) is 0 Å². The number of benzene rings is 3. The van der Waals surface area contributed by atoms with Gasteiger partial charge in [0, 0.05) is 49.7 Å². The standard InChI is InChI=1S/C37H45N5O4/c1-5-19-42-31-14-10-9-13-30(31)39-36(42)38-29-15-20-40(21-16-29)22-17-37(28-11-7-6-8-12-28)18-23-41(26-37)35(43)27-24-32(44-2)34(46-4)33(25-27)45-3/h5-14,24-25,29H,1,15-23,26H2,2-4H3,(H,38,39). The highest BCUT2D eigenvalue weighted by Crippen LogP contribution is 2.41. The first-order valence-corrected chi connectivity index (χ1v) is 16.2. The van der Waals surface area contributed by atoms with Gasteiger partial charge in [0.25, 0.3) is 5.91 Å². The molecule has 242 valence electrons. The summed E-state index contributed by atoms with van der Waals surface area (Å²) in [6.07, 6.45) is 5.95. The van der Waals surface area contributed by atoms with E-state index in [9.17, 15) is 4.79 Å². The highest BCUT2D eigenvalue weighted by molar-refractivity contribution is 5.96. The molecule has 1 aromatic heterocycles. The Morgan fingerprint density at radius 3 is 2.35 bits per heavy atom. The zero-order valence-corrected chi connectivity index (χ0v) is 27.2. The molecule has 2 aliphatic heterocycles. The van der Waals surface area contributed by atoms with Crippen LogP contribution in [-0.2, 0) is 12.0 Å². The van der Waals surface area contributed by atoms with Gasteiger partial charge in [-0.25, -0.2) is 4.98 Å². The van der Waals surface area contributed by atoms with Gasteiger partial charge in [0.05, 0.1) is 32.4 Å². The summed E-state index contributed by atoms with van der Waals surface area (Å²) in [5.41, 5.74) is 3.86. The molecule has 4 aromatic rings. The lowest BCUT2D eigenvalue weighted by molar-refractivity contribution is 0.0779. The molecule has 6 rings (SSSR count). The number of nitrogens with zero attached hydrogens (tertiary/aromatic N) is 4. The largest absolute Gasteiger partial charge is 0.493 e. The molecule has 1 atom stereocenters. The second-order valence-electron chi connectivity index (χ2n) is 12.4. The van der Waals surface area contributed by atoms with Crippen molar-refractivity contribution in [2.75, 3.05) is 59.4 Å². The summed E-state index contributed by atoms with van der Waals surface area (Å²) in [4.78, 5) is 23.3. The van der Waals surface area contributed by atoms with Crippen molar-refractivity contribution in [3.63, 3.8) is 0 Å². The third-order valence-electron chi connectivity index (χ3n) is 9.73. The number of ether oxygens (including phenoxy) is 3. The van der Waals surface area contributed by atoms with Crippen LogP contribution in [0.2, 0.25) is 0 Å². The molecule has 0 spiro atoms. The van der Waals surface area contributed by atoms with Crippen LogP contribution in [0.3, 0.4) is 0 Å². The number of piperidine rings is 1. The topological polar surface area (TPSA) is 81.1 Å². The van der Waals surface area contributed by atoms with Crippen LogP contribution in [0, 0.1) is 0 Å². The monoisotopic (exact) mass is 623 g/mol. The molecule has 2 aliphatic rings. The Balaban J connectivity index is 1.12. The molecule has 9 nitrogen and oxygen atoms in total. The number of aromatic nitrogens is 2. The Morgan fingerprint density at radius 1 is 0.978 bits per heavy atom. The third-order valence-corrected chi connectivity index (χ3v) is 9.73. The van der Waals surface area contributed by atoms with Gasteiger partial charge >= 0.3 is 0 Å². The Morgan fingerprint density at radius 2 is 1.67 bits per heavy atom. The number of fused-ring (bicyclic) bond motifs is 1. The average Bonchev–Trinajstić information content (AvgIpc) is 3.70. The summed E-state index contributed by atoms with van der Waals surface area (Å²) in [6.45, 7) is 9.08. The van der Waals surface area contributed by atoms with E-state index in [1.165, 1.54) is 5.56 Å². The zero-order chi connectivity index (χ0) is 32.1. The number of likely N-dealkylation sites (tertiary alicyclic amines) is 2. The van der Waals surface area contributed by atoms with Crippen molar-refractivity contribution in [3.8, 4) is 17.2 Å². The molecule has 0 aliphatic carbocycles. The fourth-order valence-electron chi connectivity index (χ4n) is 7.16. The second kappa shape index (κ2) is 13.9. The highest BCUT2D eigenvalue weighted by atomic mass is 16.5. The normalized spacial score (nSPS) is 18.9. The second-order valence-corrected chi connectivity index (χ2v) is 12.4. The van der Waals surface area contributed by atoms with Gasteiger partial charge in [-0.1, -0.05) is 48.5 Å². The van der Waals surface area contributed by atoms with Crippen LogP contribution in [0.5, 0.6) is 17.2 Å². The van der Waals surface area contributed by atoms with Gasteiger partial charge in [-0.3, -0.25) is 4.79 Å². The van der Waals surface area contributed by atoms with Crippen molar-refractivity contribution in [1.29, 1.82) is 0 Å². The molecule has 1 amide bonds. The van der Waals surface area contributed by atoms with E-state index in [0.29, 0.717) is 41.9 Å². The van der Waals surface area contributed by atoms with Gasteiger partial charge in [0.15, 0.2) is 11.5 Å². The molecule has 1 unspecified atom stereocenters. The number of amides is 1. The summed E-state index contributed by atoms with van der Waals surface area (Å²) in [5.74, 6) is 2.34. The summed E-state index contributed by atoms with van der Waals surface area (Å²) in [5, 5.41) is 3.74. The van der Waals surface area contributed by atoms with Gasteiger partial charge < -0.3 is 33.9 Å². The Kier molecular flexibility index (Phi) is 9.49. The Bertz CT molecular complexity index is 1640. The summed E-state index contributed by atoms with van der Waals surface area (Å²) < 4.78 is 18.7. The first-order chi connectivity index (χ1) is 22.5. The number of allylic oxidation sites excluding steroid dienone is 1. The van der Waals surface area contributed by atoms with E-state index >= 15 is 0 Å². The maximum absolute atomic E-state index is 13.9. The first-order valence-electron chi connectivity index (χ1n) is 16.2. The molecule has 2 fully saturated rings. The van der Waals surface area contributed by atoms with Gasteiger partial charge in [-0.2, -0.15) is 0 Å². The average molecular weight is 624 g/mol. The van der Waals surface area contributed by atoms with Crippen LogP contribution in [-0.4, -0.2) is 85.4 Å². The molecule has 0 radical (unpaired) electrons. The van der Waals surface area contributed by atoms with E-state index in [2.05, 4.69) is 69.9 Å². The number of imidazole rings is 1. The molecular formula is C37H45N5O4. The highest BCUT2D eigenvalue weighted by Gasteiger charge is 2.42. The number of anilines is 1. The summed E-state index contributed by atoms with van der Waals surface area (Å²) >= 11 is 0. The van der Waals surface area contributed by atoms with E-state index in [-0.39, 0.29) is 11.3 Å². The van der Waals surface area contributed by atoms with E-state index < -0.39 is 0 Å². The Hall–Kier alpha value is -4.50. The van der Waals surface area contributed by atoms with Crippen molar-refractivity contribution in [3.05, 3.63) is 90.5 Å². The maximum Gasteiger partial charge on any atom is 0.254 e. The summed E-state index contributed by atoms with van der Waals surface area (Å²) in [6, 6.07) is 22.9. The number of hydrogen-bond acceptors (Lipinski definition) is 7. The molecule has 3 aromatic carbocycles. The predicted molar refractivity (Wildman–Crippen MR) is 182 cm³/mol. The molecule has 2 saturated heterocycles. The van der Waals surface area contributed by atoms with E-state index in [4.69, 9.17) is 19.2 Å². The number of hydrogen-bond donors (Lipinski definition) is 1. The smallest absolute Gasteiger partial charge is 0.254 e. The fraction of sp³-hybridized carbons (Fsp3) is 0.405. The quantitative estimate of drug-likeness (QED) is 0.194. The maximum atomic E-state index is 13.9. The predicted octanol–water partition coefficient (Wildman–Crippen LogP) is 6.00. The van der Waals surface area contributed by atoms with Crippen molar-refractivity contribution in [2.45, 2.75) is 43.7 Å².